The summed E-state index contributed by atoms with van der Waals surface area (Å²) in [6.45, 7) is 3.87. The van der Waals surface area contributed by atoms with Gasteiger partial charge in [0.2, 0.25) is 11.9 Å². The van der Waals surface area contributed by atoms with Crippen LogP contribution in [-0.4, -0.2) is 38.5 Å². The smallest absolute Gasteiger partial charge is 0.225 e. The van der Waals surface area contributed by atoms with E-state index in [0.29, 0.717) is 24.5 Å². The highest BCUT2D eigenvalue weighted by Gasteiger charge is 2.24. The van der Waals surface area contributed by atoms with Crippen LogP contribution in [0.1, 0.15) is 44.9 Å². The molecule has 1 aromatic heterocycles. The maximum atomic E-state index is 5.98. The Kier molecular flexibility index (Phi) is 5.08. The molecule has 1 aliphatic rings. The van der Waals surface area contributed by atoms with E-state index in [0.717, 1.165) is 38.6 Å². The second-order valence-electron chi connectivity index (χ2n) is 5.51. The van der Waals surface area contributed by atoms with Crippen LogP contribution in [0.15, 0.2) is 0 Å². The molecule has 2 rings (SSSR count). The number of hydrogen-bond acceptors (Lipinski definition) is 7. The fraction of sp³-hybridized carbons (Fsp3) is 0.769. The molecule has 1 saturated carbocycles. The Hall–Kier alpha value is -1.47. The molecule has 1 fully saturated rings. The minimum absolute atomic E-state index is 0.189. The monoisotopic (exact) mass is 279 g/mol. The lowest BCUT2D eigenvalue weighted by Crippen LogP contribution is -2.41. The summed E-state index contributed by atoms with van der Waals surface area (Å²) in [5.74, 6) is 1.03. The molecule has 0 aliphatic heterocycles. The highest BCUT2D eigenvalue weighted by Crippen LogP contribution is 2.23. The number of rotatable bonds is 5. The van der Waals surface area contributed by atoms with E-state index in [1.165, 1.54) is 0 Å². The topological polar surface area (TPSA) is 120 Å². The second-order valence-corrected chi connectivity index (χ2v) is 5.51. The zero-order chi connectivity index (χ0) is 14.5. The number of aromatic nitrogens is 3. The average molecular weight is 279 g/mol. The number of nitrogens with two attached hydrogens (primary N) is 3. The minimum Gasteiger partial charge on any atom is -0.368 e. The molecule has 0 radical (unpaired) electrons. The van der Waals surface area contributed by atoms with Crippen LogP contribution < -0.4 is 17.2 Å². The fourth-order valence-corrected chi connectivity index (χ4v) is 2.85. The Balaban J connectivity index is 2.04. The SMILES string of the molecule is CCCN(Cc1nc(N)nc(N)n1)C1CCC(N)CC1. The summed E-state index contributed by atoms with van der Waals surface area (Å²) < 4.78 is 0. The van der Waals surface area contributed by atoms with E-state index in [2.05, 4.69) is 26.8 Å². The molecule has 0 spiro atoms. The number of anilines is 2. The molecule has 7 heteroatoms. The summed E-state index contributed by atoms with van der Waals surface area (Å²) >= 11 is 0. The van der Waals surface area contributed by atoms with E-state index >= 15 is 0 Å². The van der Waals surface area contributed by atoms with E-state index < -0.39 is 0 Å². The van der Waals surface area contributed by atoms with Gasteiger partial charge in [0.05, 0.1) is 6.54 Å². The Labute approximate surface area is 120 Å². The van der Waals surface area contributed by atoms with E-state index in [1.807, 2.05) is 0 Å². The third-order valence-corrected chi connectivity index (χ3v) is 3.83. The maximum Gasteiger partial charge on any atom is 0.225 e. The van der Waals surface area contributed by atoms with E-state index in [4.69, 9.17) is 17.2 Å². The third-order valence-electron chi connectivity index (χ3n) is 3.83. The highest BCUT2D eigenvalue weighted by molar-refractivity contribution is 5.25. The third kappa shape index (κ3) is 4.01. The van der Waals surface area contributed by atoms with Crippen LogP contribution in [-0.2, 0) is 6.54 Å². The zero-order valence-electron chi connectivity index (χ0n) is 12.1. The summed E-state index contributed by atoms with van der Waals surface area (Å²) in [6, 6.07) is 0.909. The molecule has 1 aliphatic carbocycles. The van der Waals surface area contributed by atoms with Gasteiger partial charge in [-0.3, -0.25) is 4.90 Å². The molecule has 20 heavy (non-hydrogen) atoms. The molecule has 0 atom stereocenters. The molecule has 7 nitrogen and oxygen atoms in total. The van der Waals surface area contributed by atoms with Crippen LogP contribution in [0.2, 0.25) is 0 Å². The first-order valence-electron chi connectivity index (χ1n) is 7.34. The van der Waals surface area contributed by atoms with Crippen molar-refractivity contribution < 1.29 is 0 Å². The molecular weight excluding hydrogens is 254 g/mol. The second kappa shape index (κ2) is 6.81. The molecule has 6 N–H and O–H groups in total. The summed E-state index contributed by atoms with van der Waals surface area (Å²) in [7, 11) is 0. The molecule has 1 heterocycles. The number of nitrogens with zero attached hydrogens (tertiary/aromatic N) is 4. The highest BCUT2D eigenvalue weighted by atomic mass is 15.2. The largest absolute Gasteiger partial charge is 0.368 e. The van der Waals surface area contributed by atoms with Crippen molar-refractivity contribution in [2.75, 3.05) is 18.0 Å². The Bertz CT molecular complexity index is 408. The zero-order valence-corrected chi connectivity index (χ0v) is 12.1. The summed E-state index contributed by atoms with van der Waals surface area (Å²) in [5.41, 5.74) is 17.2. The van der Waals surface area contributed by atoms with E-state index in [-0.39, 0.29) is 11.9 Å². The van der Waals surface area contributed by atoms with Crippen LogP contribution >= 0.6 is 0 Å². The summed E-state index contributed by atoms with van der Waals surface area (Å²) in [4.78, 5) is 14.6. The average Bonchev–Trinajstić information content (AvgIpc) is 2.38. The Morgan fingerprint density at radius 3 is 2.20 bits per heavy atom. The summed E-state index contributed by atoms with van der Waals surface area (Å²) in [6.07, 6.45) is 5.55. The van der Waals surface area contributed by atoms with Gasteiger partial charge in [0.1, 0.15) is 5.82 Å². The van der Waals surface area contributed by atoms with Gasteiger partial charge in [-0.15, -0.1) is 0 Å². The minimum atomic E-state index is 0.189. The van der Waals surface area contributed by atoms with Crippen molar-refractivity contribution >= 4 is 11.9 Å². The van der Waals surface area contributed by atoms with Crippen molar-refractivity contribution in [1.82, 2.24) is 19.9 Å². The first-order valence-corrected chi connectivity index (χ1v) is 7.34. The first kappa shape index (κ1) is 14.9. The van der Waals surface area contributed by atoms with Crippen LogP contribution in [0.5, 0.6) is 0 Å². The van der Waals surface area contributed by atoms with Gasteiger partial charge in [-0.05, 0) is 38.6 Å². The summed E-state index contributed by atoms with van der Waals surface area (Å²) in [5, 5.41) is 0. The molecule has 0 amide bonds. The lowest BCUT2D eigenvalue weighted by Gasteiger charge is -2.35. The van der Waals surface area contributed by atoms with Gasteiger partial charge in [0.25, 0.3) is 0 Å². The van der Waals surface area contributed by atoms with Gasteiger partial charge in [0.15, 0.2) is 0 Å². The standard InChI is InChI=1S/C13H25N7/c1-2-7-20(10-5-3-9(14)4-6-10)8-11-17-12(15)19-13(16)18-11/h9-10H,2-8,14H2,1H3,(H4,15,16,17,18,19). The van der Waals surface area contributed by atoms with Crippen molar-refractivity contribution in [2.45, 2.75) is 57.7 Å². The molecule has 0 saturated heterocycles. The van der Waals surface area contributed by atoms with Gasteiger partial charge >= 0.3 is 0 Å². The van der Waals surface area contributed by atoms with Gasteiger partial charge in [-0.2, -0.15) is 15.0 Å². The van der Waals surface area contributed by atoms with E-state index in [1.54, 1.807) is 0 Å². The quantitative estimate of drug-likeness (QED) is 0.718. The molecule has 0 unspecified atom stereocenters. The van der Waals surface area contributed by atoms with Crippen LogP contribution in [0.3, 0.4) is 0 Å². The maximum absolute atomic E-state index is 5.98. The van der Waals surface area contributed by atoms with Crippen LogP contribution in [0, 0.1) is 0 Å². The van der Waals surface area contributed by atoms with Crippen molar-refractivity contribution in [2.24, 2.45) is 5.73 Å². The van der Waals surface area contributed by atoms with Gasteiger partial charge in [-0.1, -0.05) is 6.92 Å². The van der Waals surface area contributed by atoms with Crippen molar-refractivity contribution in [3.8, 4) is 0 Å². The van der Waals surface area contributed by atoms with Crippen molar-refractivity contribution in [3.05, 3.63) is 5.82 Å². The molecule has 0 aromatic carbocycles. The predicted octanol–water partition coefficient (Wildman–Crippen LogP) is 0.518. The van der Waals surface area contributed by atoms with Crippen LogP contribution in [0.4, 0.5) is 11.9 Å². The molecule has 1 aromatic rings. The van der Waals surface area contributed by atoms with Crippen LogP contribution in [0.25, 0.3) is 0 Å². The number of hydrogen-bond donors (Lipinski definition) is 3. The number of nitrogen functional groups attached to an aromatic ring is 2. The molecule has 0 bridgehead atoms. The van der Waals surface area contributed by atoms with Gasteiger partial charge in [0, 0.05) is 12.1 Å². The Morgan fingerprint density at radius 1 is 1.05 bits per heavy atom. The lowest BCUT2D eigenvalue weighted by molar-refractivity contribution is 0.139. The lowest BCUT2D eigenvalue weighted by atomic mass is 9.90. The van der Waals surface area contributed by atoms with Gasteiger partial charge in [-0.25, -0.2) is 0 Å². The van der Waals surface area contributed by atoms with Crippen molar-refractivity contribution in [1.29, 1.82) is 0 Å². The normalized spacial score (nSPS) is 23.1. The predicted molar refractivity (Wildman–Crippen MR) is 79.6 cm³/mol. The first-order chi connectivity index (χ1) is 9.58. The molecular formula is C13H25N7. The molecule has 112 valence electrons. The van der Waals surface area contributed by atoms with E-state index in [9.17, 15) is 0 Å². The van der Waals surface area contributed by atoms with Crippen molar-refractivity contribution in [3.63, 3.8) is 0 Å². The fourth-order valence-electron chi connectivity index (χ4n) is 2.85. The van der Waals surface area contributed by atoms with Gasteiger partial charge < -0.3 is 17.2 Å². The Morgan fingerprint density at radius 2 is 1.65 bits per heavy atom.